The molecule has 0 aliphatic carbocycles. The Bertz CT molecular complexity index is 318. The molecule has 0 unspecified atom stereocenters. The van der Waals surface area contributed by atoms with Gasteiger partial charge in [-0.05, 0) is 0 Å². The first-order chi connectivity index (χ1) is 4.20. The summed E-state index contributed by atoms with van der Waals surface area (Å²) in [4.78, 5) is 24.0. The van der Waals surface area contributed by atoms with Crippen molar-refractivity contribution in [3.8, 4) is 0 Å². The number of halogens is 1. The van der Waals surface area contributed by atoms with Crippen LogP contribution in [0.4, 0.5) is 4.39 Å². The van der Waals surface area contributed by atoms with Crippen LogP contribution in [-0.4, -0.2) is 26.4 Å². The van der Waals surface area contributed by atoms with Gasteiger partial charge in [0, 0.05) is 6.20 Å². The molecule has 12 heavy (non-hydrogen) atoms. The van der Waals surface area contributed by atoms with Crippen LogP contribution in [0.2, 0.25) is 0 Å². The average molecular weight is 184 g/mol. The predicted octanol–water partition coefficient (Wildman–Crippen LogP) is -3.27. The van der Waals surface area contributed by atoms with E-state index in [0.717, 1.165) is 0 Å². The van der Waals surface area contributed by atoms with Gasteiger partial charge in [0.15, 0.2) is 0 Å². The van der Waals surface area contributed by atoms with E-state index in [1.54, 1.807) is 4.98 Å². The normalized spacial score (nSPS) is 7.08. The maximum absolute atomic E-state index is 12.0. The van der Waals surface area contributed by atoms with Gasteiger partial charge in [0.25, 0.3) is 5.56 Å². The lowest BCUT2D eigenvalue weighted by Gasteiger charge is -1.81. The van der Waals surface area contributed by atoms with Crippen molar-refractivity contribution in [3.05, 3.63) is 32.9 Å². The molecule has 8 heteroatoms. The molecule has 8 N–H and O–H groups in total. The molecule has 72 valence electrons. The van der Waals surface area contributed by atoms with Crippen LogP contribution < -0.4 is 11.2 Å². The van der Waals surface area contributed by atoms with E-state index in [9.17, 15) is 14.0 Å². The lowest BCUT2D eigenvalue weighted by Crippen LogP contribution is -2.23. The highest BCUT2D eigenvalue weighted by Crippen LogP contribution is 1.74. The summed E-state index contributed by atoms with van der Waals surface area (Å²) in [5, 5.41) is 0. The number of hydrogen-bond acceptors (Lipinski definition) is 2. The lowest BCUT2D eigenvalue weighted by molar-refractivity contribution is 0.597. The molecule has 0 spiro atoms. The average Bonchev–Trinajstić information content (AvgIpc) is 1.80. The highest BCUT2D eigenvalue weighted by molar-refractivity contribution is 4.83. The van der Waals surface area contributed by atoms with Crippen molar-refractivity contribution in [1.29, 1.82) is 0 Å². The fourth-order valence-corrected chi connectivity index (χ4v) is 0.393. The Hall–Kier alpha value is -1.51. The fourth-order valence-electron chi connectivity index (χ4n) is 0.393. The van der Waals surface area contributed by atoms with Gasteiger partial charge in [-0.1, -0.05) is 0 Å². The lowest BCUT2D eigenvalue weighted by atomic mass is 10.6. The Labute approximate surface area is 64.8 Å². The van der Waals surface area contributed by atoms with Gasteiger partial charge >= 0.3 is 5.69 Å². The minimum absolute atomic E-state index is 0. The van der Waals surface area contributed by atoms with Gasteiger partial charge in [-0.15, -0.1) is 0 Å². The molecule has 0 fully saturated rings. The largest absolute Gasteiger partial charge is 0.412 e. The Morgan fingerprint density at radius 3 is 2.00 bits per heavy atom. The summed E-state index contributed by atoms with van der Waals surface area (Å²) in [7, 11) is 0. The molecule has 1 aromatic heterocycles. The van der Waals surface area contributed by atoms with Crippen molar-refractivity contribution in [3.63, 3.8) is 0 Å². The molecule has 0 atom stereocenters. The minimum atomic E-state index is -1.00. The number of nitrogens with one attached hydrogen (secondary N) is 2. The first-order valence-electron chi connectivity index (χ1n) is 2.17. The van der Waals surface area contributed by atoms with Crippen LogP contribution in [0.5, 0.6) is 0 Å². The van der Waals surface area contributed by atoms with E-state index < -0.39 is 17.1 Å². The van der Waals surface area contributed by atoms with Gasteiger partial charge in [0.1, 0.15) is 0 Å². The third-order valence-electron chi connectivity index (χ3n) is 0.774. The Balaban J connectivity index is -0.000000270. The summed E-state index contributed by atoms with van der Waals surface area (Å²) in [5.74, 6) is -0.991. The zero-order valence-electron chi connectivity index (χ0n) is 5.77. The Kier molecular flexibility index (Phi) is 8.72. The summed E-state index contributed by atoms with van der Waals surface area (Å²) in [6, 6.07) is 0. The molecule has 1 heterocycles. The van der Waals surface area contributed by atoms with Gasteiger partial charge in [-0.2, -0.15) is 4.39 Å². The number of rotatable bonds is 0. The molecule has 0 radical (unpaired) electrons. The first-order valence-corrected chi connectivity index (χ1v) is 2.17. The second kappa shape index (κ2) is 6.22. The quantitative estimate of drug-likeness (QED) is 0.433. The monoisotopic (exact) mass is 184 g/mol. The maximum atomic E-state index is 12.0. The number of aromatic nitrogens is 2. The highest BCUT2D eigenvalue weighted by atomic mass is 19.1. The summed E-state index contributed by atoms with van der Waals surface area (Å²) < 4.78 is 12.0. The Morgan fingerprint density at radius 1 is 1.17 bits per heavy atom. The van der Waals surface area contributed by atoms with E-state index >= 15 is 0 Å². The van der Waals surface area contributed by atoms with E-state index in [1.165, 1.54) is 0 Å². The van der Waals surface area contributed by atoms with Gasteiger partial charge in [0.05, 0.1) is 0 Å². The molecule has 0 aliphatic heterocycles. The van der Waals surface area contributed by atoms with Crippen molar-refractivity contribution in [2.75, 3.05) is 0 Å². The molecule has 0 aliphatic rings. The topological polar surface area (TPSA) is 160 Å². The van der Waals surface area contributed by atoms with Crippen LogP contribution in [0.15, 0.2) is 15.8 Å². The third kappa shape index (κ3) is 3.61. The fraction of sp³-hybridized carbons (Fsp3) is 0. The van der Waals surface area contributed by atoms with E-state index in [1.807, 2.05) is 4.98 Å². The van der Waals surface area contributed by atoms with Gasteiger partial charge in [-0.3, -0.25) is 9.78 Å². The van der Waals surface area contributed by atoms with Crippen molar-refractivity contribution >= 4 is 0 Å². The van der Waals surface area contributed by atoms with Crippen molar-refractivity contribution < 1.29 is 20.8 Å². The molecular formula is C4H9FN2O5. The first kappa shape index (κ1) is 16.8. The molecule has 0 aromatic carbocycles. The van der Waals surface area contributed by atoms with E-state index in [2.05, 4.69) is 0 Å². The van der Waals surface area contributed by atoms with Gasteiger partial charge in [-0.25, -0.2) is 4.79 Å². The molecule has 1 rings (SSSR count). The van der Waals surface area contributed by atoms with Crippen LogP contribution in [0.1, 0.15) is 0 Å². The van der Waals surface area contributed by atoms with Crippen LogP contribution in [0.3, 0.4) is 0 Å². The SMILES string of the molecule is O.O.O.O=c1[nH]cc(F)c(=O)[nH]1. The summed E-state index contributed by atoms with van der Waals surface area (Å²) in [6.45, 7) is 0. The third-order valence-corrected chi connectivity index (χ3v) is 0.774. The summed E-state index contributed by atoms with van der Waals surface area (Å²) in [5.41, 5.74) is -1.71. The van der Waals surface area contributed by atoms with E-state index in [4.69, 9.17) is 0 Å². The number of hydrogen-bond donors (Lipinski definition) is 2. The Morgan fingerprint density at radius 2 is 1.67 bits per heavy atom. The second-order valence-electron chi connectivity index (χ2n) is 1.42. The zero-order valence-corrected chi connectivity index (χ0v) is 5.77. The molecule has 0 saturated carbocycles. The smallest absolute Gasteiger partial charge is 0.325 e. The van der Waals surface area contributed by atoms with E-state index in [0.29, 0.717) is 6.20 Å². The van der Waals surface area contributed by atoms with Crippen LogP contribution in [-0.2, 0) is 0 Å². The zero-order chi connectivity index (χ0) is 6.85. The van der Waals surface area contributed by atoms with Gasteiger partial charge in [0.2, 0.25) is 5.82 Å². The van der Waals surface area contributed by atoms with E-state index in [-0.39, 0.29) is 16.4 Å². The molecule has 7 nitrogen and oxygen atoms in total. The summed E-state index contributed by atoms with van der Waals surface area (Å²) in [6.07, 6.45) is 0.709. The molecule has 1 aromatic rings. The van der Waals surface area contributed by atoms with Crippen LogP contribution >= 0.6 is 0 Å². The minimum Gasteiger partial charge on any atom is -0.412 e. The summed E-state index contributed by atoms with van der Waals surface area (Å²) >= 11 is 0. The van der Waals surface area contributed by atoms with Crippen LogP contribution in [0.25, 0.3) is 0 Å². The predicted molar refractivity (Wildman–Crippen MR) is 38.5 cm³/mol. The second-order valence-corrected chi connectivity index (χ2v) is 1.42. The maximum Gasteiger partial charge on any atom is 0.325 e. The van der Waals surface area contributed by atoms with Crippen molar-refractivity contribution in [2.24, 2.45) is 0 Å². The van der Waals surface area contributed by atoms with Gasteiger partial charge < -0.3 is 21.4 Å². The van der Waals surface area contributed by atoms with Crippen molar-refractivity contribution in [1.82, 2.24) is 9.97 Å². The molecule has 0 saturated heterocycles. The molecule has 0 bridgehead atoms. The molecular weight excluding hydrogens is 175 g/mol. The van der Waals surface area contributed by atoms with Crippen molar-refractivity contribution in [2.45, 2.75) is 0 Å². The standard InChI is InChI=1S/C4H3FN2O2.3H2O/c5-2-1-6-4(9)7-3(2)8;;;/h1H,(H2,6,7,8,9);3*1H2. The van der Waals surface area contributed by atoms with Crippen LogP contribution in [0, 0.1) is 5.82 Å². The number of aromatic amines is 2. The molecule has 0 amide bonds. The number of H-pyrrole nitrogens is 2. The highest BCUT2D eigenvalue weighted by Gasteiger charge is 1.93.